The predicted octanol–water partition coefficient (Wildman–Crippen LogP) is 6.30. The molecule has 4 aliphatic rings. The highest BCUT2D eigenvalue weighted by molar-refractivity contribution is 6.32. The van der Waals surface area contributed by atoms with E-state index in [-0.39, 0.29) is 24.2 Å². The minimum Gasteiger partial charge on any atom is -0.495 e. The normalized spacial score (nSPS) is 28.4. The smallest absolute Gasteiger partial charge is 0.416 e. The number of carbonyl (C=O) groups is 1. The van der Waals surface area contributed by atoms with Gasteiger partial charge in [-0.15, -0.1) is 0 Å². The second kappa shape index (κ2) is 7.95. The van der Waals surface area contributed by atoms with Crippen LogP contribution in [0.15, 0.2) is 58.4 Å². The van der Waals surface area contributed by atoms with Gasteiger partial charge in [0.15, 0.2) is 0 Å². The first-order chi connectivity index (χ1) is 14.2. The molecule has 0 radical (unpaired) electrons. The average Bonchev–Trinajstić information content (AvgIpc) is 3.39. The van der Waals surface area contributed by atoms with Crippen molar-refractivity contribution in [2.75, 3.05) is 6.61 Å². The first-order valence-corrected chi connectivity index (χ1v) is 10.7. The van der Waals surface area contributed by atoms with Crippen LogP contribution in [-0.2, 0) is 9.53 Å². The lowest BCUT2D eigenvalue weighted by Gasteiger charge is -2.37. The van der Waals surface area contributed by atoms with Crippen LogP contribution in [0.2, 0.25) is 0 Å². The molecule has 4 aliphatic carbocycles. The zero-order valence-electron chi connectivity index (χ0n) is 16.4. The topological polar surface area (TPSA) is 46.5 Å². The third-order valence-corrected chi connectivity index (χ3v) is 7.09. The number of hydrogen-bond donors (Lipinski definition) is 1. The third kappa shape index (κ3) is 4.11. The minimum atomic E-state index is -4.38. The Balaban J connectivity index is 1.64. The fourth-order valence-corrected chi connectivity index (χ4v) is 5.09. The lowest BCUT2D eigenvalue weighted by Crippen LogP contribution is -2.37. The summed E-state index contributed by atoms with van der Waals surface area (Å²) < 4.78 is 44.9. The SMILES string of the molecule is O=C(O)C1(C2C=C(C3C=CC(C(F)(F)F)=CC3)C(Cl)=C(OCC3C=C3)C2)CCCC1. The summed E-state index contributed by atoms with van der Waals surface area (Å²) in [5.41, 5.74) is -0.866. The molecule has 0 spiro atoms. The molecule has 0 bridgehead atoms. The summed E-state index contributed by atoms with van der Waals surface area (Å²) in [6.45, 7) is 0.449. The predicted molar refractivity (Wildman–Crippen MR) is 108 cm³/mol. The van der Waals surface area contributed by atoms with Gasteiger partial charge in [0, 0.05) is 24.2 Å². The second-order valence-corrected chi connectivity index (χ2v) is 8.93. The highest BCUT2D eigenvalue weighted by Crippen LogP contribution is 2.52. The lowest BCUT2D eigenvalue weighted by atomic mass is 9.68. The van der Waals surface area contributed by atoms with Crippen LogP contribution in [0.5, 0.6) is 0 Å². The Labute approximate surface area is 178 Å². The van der Waals surface area contributed by atoms with Crippen molar-refractivity contribution in [3.8, 4) is 0 Å². The Hall–Kier alpha value is -1.95. The van der Waals surface area contributed by atoms with E-state index in [1.165, 1.54) is 12.2 Å². The largest absolute Gasteiger partial charge is 0.495 e. The molecule has 0 aliphatic heterocycles. The van der Waals surface area contributed by atoms with Gasteiger partial charge in [0.2, 0.25) is 0 Å². The Morgan fingerprint density at radius 3 is 2.47 bits per heavy atom. The van der Waals surface area contributed by atoms with Gasteiger partial charge in [-0.2, -0.15) is 13.2 Å². The van der Waals surface area contributed by atoms with Crippen LogP contribution in [0.3, 0.4) is 0 Å². The molecule has 2 atom stereocenters. The molecule has 3 nitrogen and oxygen atoms in total. The van der Waals surface area contributed by atoms with Gasteiger partial charge >= 0.3 is 12.1 Å². The molecule has 0 heterocycles. The van der Waals surface area contributed by atoms with Crippen LogP contribution in [0.4, 0.5) is 13.2 Å². The van der Waals surface area contributed by atoms with E-state index in [2.05, 4.69) is 0 Å². The van der Waals surface area contributed by atoms with Crippen molar-refractivity contribution in [2.45, 2.75) is 44.7 Å². The number of alkyl halides is 3. The maximum atomic E-state index is 13.0. The van der Waals surface area contributed by atoms with Gasteiger partial charge in [-0.1, -0.05) is 60.9 Å². The van der Waals surface area contributed by atoms with Gasteiger partial charge in [0.25, 0.3) is 0 Å². The summed E-state index contributed by atoms with van der Waals surface area (Å²) in [5, 5.41) is 10.4. The number of rotatable bonds is 6. The zero-order chi connectivity index (χ0) is 21.5. The summed E-state index contributed by atoms with van der Waals surface area (Å²) in [4.78, 5) is 12.2. The first kappa shape index (κ1) is 21.3. The molecule has 7 heteroatoms. The Bertz CT molecular complexity index is 867. The maximum absolute atomic E-state index is 13.0. The van der Waals surface area contributed by atoms with E-state index in [1.54, 1.807) is 0 Å². The second-order valence-electron chi connectivity index (χ2n) is 8.56. The molecule has 0 aromatic heterocycles. The quantitative estimate of drug-likeness (QED) is 0.493. The van der Waals surface area contributed by atoms with Crippen LogP contribution in [0, 0.1) is 23.2 Å². The number of carboxylic acids is 1. The zero-order valence-corrected chi connectivity index (χ0v) is 17.2. The number of carboxylic acid groups (broad SMARTS) is 1. The number of halogens is 4. The molecule has 1 N–H and O–H groups in total. The minimum absolute atomic E-state index is 0.164. The summed E-state index contributed by atoms with van der Waals surface area (Å²) >= 11 is 6.65. The molecular weight excluding hydrogens is 417 g/mol. The third-order valence-electron chi connectivity index (χ3n) is 6.66. The summed E-state index contributed by atoms with van der Waals surface area (Å²) in [6, 6.07) is 0. The van der Waals surface area contributed by atoms with E-state index in [1.807, 2.05) is 18.2 Å². The van der Waals surface area contributed by atoms with Crippen LogP contribution in [0.25, 0.3) is 0 Å². The molecule has 2 unspecified atom stereocenters. The van der Waals surface area contributed by atoms with Crippen LogP contribution in [0.1, 0.15) is 38.5 Å². The number of allylic oxidation sites excluding steroid dienone is 8. The molecule has 0 aromatic rings. The highest BCUT2D eigenvalue weighted by Gasteiger charge is 2.49. The van der Waals surface area contributed by atoms with E-state index < -0.39 is 23.1 Å². The summed E-state index contributed by atoms with van der Waals surface area (Å²) in [5.74, 6) is -0.629. The van der Waals surface area contributed by atoms with Gasteiger partial charge in [-0.3, -0.25) is 4.79 Å². The fraction of sp³-hybridized carbons (Fsp3) is 0.522. The molecule has 1 fully saturated rings. The van der Waals surface area contributed by atoms with Gasteiger partial charge < -0.3 is 9.84 Å². The van der Waals surface area contributed by atoms with E-state index in [0.29, 0.717) is 42.2 Å². The number of ether oxygens (including phenoxy) is 1. The van der Waals surface area contributed by atoms with Crippen molar-refractivity contribution >= 4 is 17.6 Å². The van der Waals surface area contributed by atoms with Crippen molar-refractivity contribution in [1.29, 1.82) is 0 Å². The van der Waals surface area contributed by atoms with Crippen LogP contribution < -0.4 is 0 Å². The molecule has 0 amide bonds. The molecular formula is C23H24ClF3O3. The Kier molecular flexibility index (Phi) is 5.64. The van der Waals surface area contributed by atoms with Crippen LogP contribution >= 0.6 is 11.6 Å². The average molecular weight is 441 g/mol. The Morgan fingerprint density at radius 2 is 1.93 bits per heavy atom. The summed E-state index contributed by atoms with van der Waals surface area (Å²) in [6.07, 6.45) is 8.76. The molecule has 4 rings (SSSR count). The first-order valence-electron chi connectivity index (χ1n) is 10.3. The Morgan fingerprint density at radius 1 is 1.23 bits per heavy atom. The molecule has 162 valence electrons. The van der Waals surface area contributed by atoms with Gasteiger partial charge in [-0.25, -0.2) is 0 Å². The van der Waals surface area contributed by atoms with Crippen molar-refractivity contribution in [2.24, 2.45) is 23.2 Å². The van der Waals surface area contributed by atoms with Gasteiger partial charge in [0.1, 0.15) is 5.76 Å². The van der Waals surface area contributed by atoms with Gasteiger partial charge in [0.05, 0.1) is 22.6 Å². The van der Waals surface area contributed by atoms with Crippen molar-refractivity contribution in [1.82, 2.24) is 0 Å². The lowest BCUT2D eigenvalue weighted by molar-refractivity contribution is -0.151. The van der Waals surface area contributed by atoms with Crippen molar-refractivity contribution in [3.05, 3.63) is 58.4 Å². The molecule has 0 saturated heterocycles. The van der Waals surface area contributed by atoms with Crippen LogP contribution in [-0.4, -0.2) is 23.9 Å². The summed E-state index contributed by atoms with van der Waals surface area (Å²) in [7, 11) is 0. The van der Waals surface area contributed by atoms with E-state index in [0.717, 1.165) is 18.9 Å². The standard InChI is InChI=1S/C23H24ClF3O3/c24-20-18(15-5-7-16(8-6-15)23(25,26)27)11-17(12-19(20)30-13-14-3-4-14)22(21(28)29)9-1-2-10-22/h3-5,7-8,11,14-15,17H,1-2,6,9-10,12-13H2,(H,28,29). The molecule has 30 heavy (non-hydrogen) atoms. The number of aliphatic carboxylic acids is 1. The molecule has 0 aromatic carbocycles. The van der Waals surface area contributed by atoms with E-state index in [4.69, 9.17) is 16.3 Å². The molecule has 1 saturated carbocycles. The number of hydrogen-bond acceptors (Lipinski definition) is 2. The van der Waals surface area contributed by atoms with Crippen molar-refractivity contribution in [3.63, 3.8) is 0 Å². The van der Waals surface area contributed by atoms with Crippen molar-refractivity contribution < 1.29 is 27.8 Å². The fourth-order valence-electron chi connectivity index (χ4n) is 4.76. The van der Waals surface area contributed by atoms with E-state index in [9.17, 15) is 23.1 Å². The monoisotopic (exact) mass is 440 g/mol. The highest BCUT2D eigenvalue weighted by atomic mass is 35.5. The van der Waals surface area contributed by atoms with E-state index >= 15 is 0 Å². The maximum Gasteiger partial charge on any atom is 0.416 e. The van der Waals surface area contributed by atoms with Gasteiger partial charge in [-0.05, 0) is 24.8 Å².